The number of hydrogen-bond donors (Lipinski definition) is 2. The maximum absolute atomic E-state index is 5.66. The molecule has 1 aliphatic heterocycles. The fourth-order valence-electron chi connectivity index (χ4n) is 3.98. The molecule has 1 saturated heterocycles. The first-order valence-electron chi connectivity index (χ1n) is 8.88. The molecule has 2 N–H and O–H groups in total. The smallest absolute Gasteiger partial charge is 0.138 e. The van der Waals surface area contributed by atoms with Crippen molar-refractivity contribution in [1.82, 2.24) is 25.4 Å². The average Bonchev–Trinajstić information content (AvgIpc) is 3.33. The van der Waals surface area contributed by atoms with Gasteiger partial charge < -0.3 is 15.4 Å². The van der Waals surface area contributed by atoms with Crippen molar-refractivity contribution < 1.29 is 4.74 Å². The van der Waals surface area contributed by atoms with E-state index in [0.717, 1.165) is 32.0 Å². The Kier molecular flexibility index (Phi) is 6.42. The number of nitrogens with one attached hydrogen (secondary N) is 2. The van der Waals surface area contributed by atoms with E-state index in [-0.39, 0.29) is 12.4 Å². The zero-order chi connectivity index (χ0) is 16.2. The Labute approximate surface area is 154 Å². The van der Waals surface area contributed by atoms with Gasteiger partial charge in [-0.05, 0) is 36.5 Å². The van der Waals surface area contributed by atoms with E-state index >= 15 is 0 Å². The van der Waals surface area contributed by atoms with E-state index in [1.165, 1.54) is 24.8 Å². The van der Waals surface area contributed by atoms with Crippen molar-refractivity contribution in [2.45, 2.75) is 37.9 Å². The maximum Gasteiger partial charge on any atom is 0.138 e. The summed E-state index contributed by atoms with van der Waals surface area (Å²) in [6, 6.07) is 9.54. The third-order valence-corrected chi connectivity index (χ3v) is 5.20. The van der Waals surface area contributed by atoms with Gasteiger partial charge in [-0.1, -0.05) is 18.6 Å². The van der Waals surface area contributed by atoms with Gasteiger partial charge in [0.05, 0.1) is 18.9 Å². The summed E-state index contributed by atoms with van der Waals surface area (Å²) in [4.78, 5) is 4.02. The summed E-state index contributed by atoms with van der Waals surface area (Å²) in [7, 11) is 0. The number of morpholine rings is 1. The van der Waals surface area contributed by atoms with Gasteiger partial charge in [-0.2, -0.15) is 5.10 Å². The zero-order valence-electron chi connectivity index (χ0n) is 14.3. The highest BCUT2D eigenvalue weighted by atomic mass is 35.5. The van der Waals surface area contributed by atoms with Gasteiger partial charge in [0.25, 0.3) is 0 Å². The molecule has 2 fully saturated rings. The molecule has 3 unspecified atom stereocenters. The summed E-state index contributed by atoms with van der Waals surface area (Å²) < 4.78 is 7.45. The second-order valence-corrected chi connectivity index (χ2v) is 6.73. The summed E-state index contributed by atoms with van der Waals surface area (Å²) in [5.74, 6) is 0.670. The lowest BCUT2D eigenvalue weighted by molar-refractivity contribution is 0.0524. The van der Waals surface area contributed by atoms with Crippen LogP contribution in [-0.2, 0) is 11.3 Å². The minimum atomic E-state index is 0. The fourth-order valence-corrected chi connectivity index (χ4v) is 3.98. The Morgan fingerprint density at radius 3 is 3.08 bits per heavy atom. The zero-order valence-corrected chi connectivity index (χ0v) is 15.1. The monoisotopic (exact) mass is 363 g/mol. The molecule has 136 valence electrons. The molecule has 6 nitrogen and oxygen atoms in total. The van der Waals surface area contributed by atoms with E-state index in [4.69, 9.17) is 4.74 Å². The molecule has 4 rings (SSSR count). The largest absolute Gasteiger partial charge is 0.379 e. The highest BCUT2D eigenvalue weighted by Crippen LogP contribution is 2.29. The van der Waals surface area contributed by atoms with Gasteiger partial charge in [0.2, 0.25) is 0 Å². The van der Waals surface area contributed by atoms with Crippen LogP contribution in [0.2, 0.25) is 0 Å². The molecule has 1 saturated carbocycles. The van der Waals surface area contributed by atoms with Gasteiger partial charge in [-0.3, -0.25) is 0 Å². The lowest BCUT2D eigenvalue weighted by Gasteiger charge is -2.33. The molecule has 0 spiro atoms. The molecular weight excluding hydrogens is 338 g/mol. The summed E-state index contributed by atoms with van der Waals surface area (Å²) in [5, 5.41) is 11.6. The van der Waals surface area contributed by atoms with E-state index in [1.807, 2.05) is 0 Å². The molecule has 0 amide bonds. The van der Waals surface area contributed by atoms with E-state index in [1.54, 1.807) is 17.3 Å². The van der Waals surface area contributed by atoms with Crippen molar-refractivity contribution in [3.05, 3.63) is 42.5 Å². The van der Waals surface area contributed by atoms with Crippen molar-refractivity contribution >= 4 is 12.4 Å². The number of nitrogens with zero attached hydrogens (tertiary/aromatic N) is 3. The standard InChI is InChI=1S/C18H25N5O.ClH/c1-3-14(9-15(4-1)23-13-19-12-22-23)10-21-17-6-2-5-16(17)18-11-24-8-7-20-18;/h1,3-4,9,12-13,16-18,20-21H,2,5-8,10-11H2;1H. The van der Waals surface area contributed by atoms with E-state index in [9.17, 15) is 0 Å². The number of benzene rings is 1. The Bertz CT molecular complexity index is 645. The minimum absolute atomic E-state index is 0. The predicted molar refractivity (Wildman–Crippen MR) is 99.2 cm³/mol. The van der Waals surface area contributed by atoms with Crippen molar-refractivity contribution in [3.63, 3.8) is 0 Å². The van der Waals surface area contributed by atoms with Crippen LogP contribution in [0, 0.1) is 5.92 Å². The van der Waals surface area contributed by atoms with Crippen LogP contribution < -0.4 is 10.6 Å². The van der Waals surface area contributed by atoms with Crippen LogP contribution in [0.3, 0.4) is 0 Å². The van der Waals surface area contributed by atoms with Crippen molar-refractivity contribution in [2.24, 2.45) is 5.92 Å². The molecule has 7 heteroatoms. The summed E-state index contributed by atoms with van der Waals surface area (Å²) in [6.07, 6.45) is 7.14. The Morgan fingerprint density at radius 1 is 1.32 bits per heavy atom. The number of aromatic nitrogens is 3. The van der Waals surface area contributed by atoms with Gasteiger partial charge >= 0.3 is 0 Å². The molecule has 3 atom stereocenters. The first-order valence-corrected chi connectivity index (χ1v) is 8.88. The van der Waals surface area contributed by atoms with Gasteiger partial charge in [-0.25, -0.2) is 9.67 Å². The van der Waals surface area contributed by atoms with E-state index < -0.39 is 0 Å². The van der Waals surface area contributed by atoms with Crippen molar-refractivity contribution in [1.29, 1.82) is 0 Å². The molecule has 0 radical (unpaired) electrons. The summed E-state index contributed by atoms with van der Waals surface area (Å²) in [5.41, 5.74) is 2.33. The molecular formula is C18H26ClN5O. The number of halogens is 1. The second-order valence-electron chi connectivity index (χ2n) is 6.73. The Balaban J connectivity index is 0.00000182. The van der Waals surface area contributed by atoms with Crippen LogP contribution in [0.4, 0.5) is 0 Å². The predicted octanol–water partition coefficient (Wildman–Crippen LogP) is 1.94. The summed E-state index contributed by atoms with van der Waals surface area (Å²) >= 11 is 0. The van der Waals surface area contributed by atoms with E-state index in [2.05, 4.69) is 45.0 Å². The Hall–Kier alpha value is -1.47. The van der Waals surface area contributed by atoms with Gasteiger partial charge in [0, 0.05) is 25.2 Å². The highest BCUT2D eigenvalue weighted by Gasteiger charge is 2.34. The molecule has 2 aromatic rings. The minimum Gasteiger partial charge on any atom is -0.379 e. The topological polar surface area (TPSA) is 64.0 Å². The lowest BCUT2D eigenvalue weighted by Crippen LogP contribution is -2.50. The fraction of sp³-hybridized carbons (Fsp3) is 0.556. The highest BCUT2D eigenvalue weighted by molar-refractivity contribution is 5.85. The molecule has 1 aromatic heterocycles. The molecule has 2 aliphatic rings. The van der Waals surface area contributed by atoms with Crippen LogP contribution in [0.15, 0.2) is 36.9 Å². The number of ether oxygens (including phenoxy) is 1. The molecule has 1 aliphatic carbocycles. The van der Waals surface area contributed by atoms with Crippen molar-refractivity contribution in [2.75, 3.05) is 19.8 Å². The number of rotatable bonds is 5. The third-order valence-electron chi connectivity index (χ3n) is 5.20. The normalized spacial score (nSPS) is 26.3. The van der Waals surface area contributed by atoms with Gasteiger partial charge in [0.1, 0.15) is 12.7 Å². The van der Waals surface area contributed by atoms with Crippen LogP contribution in [0.25, 0.3) is 5.69 Å². The first-order chi connectivity index (χ1) is 11.9. The van der Waals surface area contributed by atoms with Crippen LogP contribution in [0.1, 0.15) is 24.8 Å². The molecule has 25 heavy (non-hydrogen) atoms. The Morgan fingerprint density at radius 2 is 2.28 bits per heavy atom. The second kappa shape index (κ2) is 8.76. The van der Waals surface area contributed by atoms with Crippen LogP contribution >= 0.6 is 12.4 Å². The van der Waals surface area contributed by atoms with Crippen molar-refractivity contribution in [3.8, 4) is 5.69 Å². The lowest BCUT2D eigenvalue weighted by atomic mass is 9.94. The quantitative estimate of drug-likeness (QED) is 0.850. The van der Waals surface area contributed by atoms with Gasteiger partial charge in [0.15, 0.2) is 0 Å². The number of hydrogen-bond acceptors (Lipinski definition) is 5. The first kappa shape index (κ1) is 18.3. The third kappa shape index (κ3) is 4.39. The van der Waals surface area contributed by atoms with Crippen LogP contribution in [-0.4, -0.2) is 46.6 Å². The average molecular weight is 364 g/mol. The molecule has 1 aromatic carbocycles. The summed E-state index contributed by atoms with van der Waals surface area (Å²) in [6.45, 7) is 3.56. The molecule has 2 heterocycles. The maximum atomic E-state index is 5.66. The molecule has 0 bridgehead atoms. The van der Waals surface area contributed by atoms with Gasteiger partial charge in [-0.15, -0.1) is 12.4 Å². The SMILES string of the molecule is Cl.c1cc(CNC2CCCC2C2COCCN2)cc(-n2cncn2)c1. The van der Waals surface area contributed by atoms with E-state index in [0.29, 0.717) is 18.0 Å². The van der Waals surface area contributed by atoms with Crippen LogP contribution in [0.5, 0.6) is 0 Å².